The first-order chi connectivity index (χ1) is 34.5. The second-order valence-corrected chi connectivity index (χ2v) is 13.3. The molecule has 10 aromatic carbocycles. The Morgan fingerprint density at radius 2 is 0.825 bits per heavy atom. The molecule has 10 aromatic rings. The fourth-order valence-electron chi connectivity index (χ4n) is 7.15. The maximum absolute atomic E-state index is 9.66. The summed E-state index contributed by atoms with van der Waals surface area (Å²) in [5, 5.41) is 1.07. The lowest BCUT2D eigenvalue weighted by Gasteiger charge is -2.26. The van der Waals surface area contributed by atoms with Crippen molar-refractivity contribution in [2.75, 3.05) is 4.90 Å². The van der Waals surface area contributed by atoms with Crippen LogP contribution in [0.2, 0.25) is 0 Å². The Morgan fingerprint density at radius 1 is 0.281 bits per heavy atom. The van der Waals surface area contributed by atoms with E-state index in [0.29, 0.717) is 5.56 Å². The molecular weight excluding hydrogens is 687 g/mol. The summed E-state index contributed by atoms with van der Waals surface area (Å²) in [7, 11) is 0. The summed E-state index contributed by atoms with van der Waals surface area (Å²) in [6.45, 7) is 0. The first-order valence-corrected chi connectivity index (χ1v) is 18.4. The van der Waals surface area contributed by atoms with Gasteiger partial charge in [-0.3, -0.25) is 0 Å². The van der Waals surface area contributed by atoms with Crippen LogP contribution in [0.1, 0.15) is 20.6 Å². The molecule has 0 unspecified atom stereocenters. The van der Waals surface area contributed by atoms with Gasteiger partial charge in [0.05, 0.1) is 20.6 Å². The molecule has 0 saturated heterocycles. The number of rotatable bonds is 8. The van der Waals surface area contributed by atoms with Crippen LogP contribution in [0.25, 0.3) is 77.2 Å². The summed E-state index contributed by atoms with van der Waals surface area (Å²) in [6.07, 6.45) is 0. The van der Waals surface area contributed by atoms with Crippen molar-refractivity contribution in [1.82, 2.24) is 0 Å². The smallest absolute Gasteiger partial charge is 0.0645 e. The Balaban J connectivity index is 1.23. The lowest BCUT2D eigenvalue weighted by molar-refractivity contribution is 1.28. The maximum atomic E-state index is 9.66. The van der Waals surface area contributed by atoms with Crippen LogP contribution in [0.3, 0.4) is 0 Å². The topological polar surface area (TPSA) is 3.24 Å². The predicted molar refractivity (Wildman–Crippen MR) is 243 cm³/mol. The molecule has 57 heavy (non-hydrogen) atoms. The van der Waals surface area contributed by atoms with Crippen LogP contribution in [0.15, 0.2) is 236 Å². The molecule has 0 heterocycles. The van der Waals surface area contributed by atoms with Crippen molar-refractivity contribution in [1.29, 1.82) is 0 Å². The van der Waals surface area contributed by atoms with E-state index in [4.69, 9.17) is 9.60 Å². The van der Waals surface area contributed by atoms with Gasteiger partial charge in [0, 0.05) is 17.1 Å². The second kappa shape index (κ2) is 15.0. The molecule has 0 bridgehead atoms. The van der Waals surface area contributed by atoms with Gasteiger partial charge in [0.1, 0.15) is 0 Å². The average Bonchev–Trinajstić information content (AvgIpc) is 3.40. The van der Waals surface area contributed by atoms with Crippen LogP contribution in [-0.4, -0.2) is 0 Å². The minimum Gasteiger partial charge on any atom is -0.311 e. The van der Waals surface area contributed by atoms with Crippen molar-refractivity contribution in [2.24, 2.45) is 0 Å². The highest BCUT2D eigenvalue weighted by atomic mass is 15.1. The normalized spacial score (nSPS) is 14.8. The first-order valence-electron chi connectivity index (χ1n) is 25.9. The summed E-state index contributed by atoms with van der Waals surface area (Å²) in [4.78, 5) is 1.16. The van der Waals surface area contributed by atoms with E-state index in [1.165, 1.54) is 0 Å². The molecule has 0 aliphatic rings. The Morgan fingerprint density at radius 3 is 1.53 bits per heavy atom. The standard InChI is InChI=1S/C56H39N/c1-3-12-40(13-4-1)41-22-24-42(25-23-41)43-26-33-49(34-27-43)57(50-35-28-47(29-36-50)53-21-11-18-44-16-7-9-19-52(44)53)51-37-30-48(31-38-51)56-54-20-10-8-17-46(54)32-39-55(56)45-14-5-2-6-15-45/h1-39H/i7D,9D,11D,16D,18D,19D,21D,26D,27D,28D,29D,33D,34D,35D,36D. The van der Waals surface area contributed by atoms with Crippen molar-refractivity contribution in [3.63, 3.8) is 0 Å². The average molecular weight is 741 g/mol. The molecular formula is C56H39N. The predicted octanol–water partition coefficient (Wildman–Crippen LogP) is 15.8. The third-order valence-corrected chi connectivity index (χ3v) is 9.94. The summed E-state index contributed by atoms with van der Waals surface area (Å²) >= 11 is 0. The molecule has 0 radical (unpaired) electrons. The van der Waals surface area contributed by atoms with Crippen LogP contribution in [-0.2, 0) is 0 Å². The van der Waals surface area contributed by atoms with E-state index < -0.39 is 118 Å². The zero-order valence-electron chi connectivity index (χ0n) is 45.3. The van der Waals surface area contributed by atoms with E-state index in [2.05, 4.69) is 0 Å². The van der Waals surface area contributed by atoms with E-state index in [9.17, 15) is 11.0 Å². The molecule has 0 N–H and O–H groups in total. The highest BCUT2D eigenvalue weighted by Crippen LogP contribution is 2.42. The number of hydrogen-bond donors (Lipinski definition) is 0. The van der Waals surface area contributed by atoms with Gasteiger partial charge in [-0.05, 0) is 113 Å². The Bertz CT molecular complexity index is 3780. The summed E-state index contributed by atoms with van der Waals surface area (Å²) < 4.78 is 137. The largest absolute Gasteiger partial charge is 0.311 e. The van der Waals surface area contributed by atoms with Gasteiger partial charge in [-0.25, -0.2) is 0 Å². The molecule has 0 aromatic heterocycles. The fourth-order valence-corrected chi connectivity index (χ4v) is 7.15. The van der Waals surface area contributed by atoms with E-state index in [0.717, 1.165) is 49.1 Å². The third kappa shape index (κ3) is 6.66. The van der Waals surface area contributed by atoms with Gasteiger partial charge in [0.25, 0.3) is 0 Å². The van der Waals surface area contributed by atoms with Gasteiger partial charge >= 0.3 is 0 Å². The van der Waals surface area contributed by atoms with Crippen molar-refractivity contribution < 1.29 is 20.6 Å². The zero-order chi connectivity index (χ0) is 51.0. The van der Waals surface area contributed by atoms with Crippen molar-refractivity contribution in [2.45, 2.75) is 0 Å². The quantitative estimate of drug-likeness (QED) is 0.150. The lowest BCUT2D eigenvalue weighted by Crippen LogP contribution is -2.09. The number of anilines is 3. The van der Waals surface area contributed by atoms with Crippen molar-refractivity contribution >= 4 is 38.6 Å². The third-order valence-electron chi connectivity index (χ3n) is 9.94. The minimum atomic E-state index is -0.791. The molecule has 1 nitrogen and oxygen atoms in total. The minimum absolute atomic E-state index is 0.00795. The molecule has 0 fully saturated rings. The zero-order valence-corrected chi connectivity index (χ0v) is 30.3. The second-order valence-electron chi connectivity index (χ2n) is 13.3. The molecule has 0 aliphatic carbocycles. The molecule has 0 aliphatic heterocycles. The summed E-state index contributed by atoms with van der Waals surface area (Å²) in [6, 6.07) is 35.3. The highest BCUT2D eigenvalue weighted by molar-refractivity contribution is 6.04. The molecule has 1 heteroatoms. The van der Waals surface area contributed by atoms with Gasteiger partial charge in [-0.1, -0.05) is 200 Å². The van der Waals surface area contributed by atoms with Gasteiger partial charge in [0.15, 0.2) is 0 Å². The number of nitrogens with zero attached hydrogens (tertiary/aromatic N) is 1. The summed E-state index contributed by atoms with van der Waals surface area (Å²) in [5.74, 6) is 0. The van der Waals surface area contributed by atoms with Crippen LogP contribution in [0.4, 0.5) is 17.1 Å². The van der Waals surface area contributed by atoms with Gasteiger partial charge in [-0.15, -0.1) is 0 Å². The van der Waals surface area contributed by atoms with Gasteiger partial charge in [-0.2, -0.15) is 0 Å². The SMILES string of the molecule is [2H]c1c([2H])c(N(c2ccc(-c3c(-c4ccccc4)ccc4ccccc34)cc2)c2c([2H])c([2H])c(-c3c([2H])c([2H])c([2H])c4c([2H])c([2H])c([2H])c([2H])c34)c([2H])c2[2H])c([2H])c([2H])c1-c1ccc(-c2ccccc2)cc1. The first kappa shape index (κ1) is 21.6. The Hall–Kier alpha value is -7.48. The Labute approximate surface area is 355 Å². The van der Waals surface area contributed by atoms with E-state index in [-0.39, 0.29) is 16.9 Å². The van der Waals surface area contributed by atoms with Crippen LogP contribution < -0.4 is 4.90 Å². The van der Waals surface area contributed by atoms with Gasteiger partial charge in [0.2, 0.25) is 0 Å². The molecule has 10 rings (SSSR count). The van der Waals surface area contributed by atoms with Gasteiger partial charge < -0.3 is 4.90 Å². The van der Waals surface area contributed by atoms with Crippen molar-refractivity contribution in [3.8, 4) is 55.6 Å². The van der Waals surface area contributed by atoms with Crippen LogP contribution in [0.5, 0.6) is 0 Å². The van der Waals surface area contributed by atoms with E-state index in [1.54, 1.807) is 36.4 Å². The van der Waals surface area contributed by atoms with Crippen molar-refractivity contribution in [3.05, 3.63) is 236 Å². The molecule has 0 spiro atoms. The monoisotopic (exact) mass is 740 g/mol. The maximum Gasteiger partial charge on any atom is 0.0645 e. The Kier molecular flexibility index (Phi) is 5.67. The number of hydrogen-bond acceptors (Lipinski definition) is 1. The highest BCUT2D eigenvalue weighted by Gasteiger charge is 2.17. The molecule has 268 valence electrons. The molecule has 0 amide bonds. The van der Waals surface area contributed by atoms with E-state index >= 15 is 0 Å². The number of fused-ring (bicyclic) bond motifs is 2. The fraction of sp³-hybridized carbons (Fsp3) is 0. The lowest BCUT2D eigenvalue weighted by atomic mass is 9.89. The van der Waals surface area contributed by atoms with Crippen LogP contribution >= 0.6 is 0 Å². The molecule has 0 saturated carbocycles. The molecule has 0 atom stereocenters. The number of benzene rings is 10. The van der Waals surface area contributed by atoms with Crippen LogP contribution in [0, 0.1) is 0 Å². The summed E-state index contributed by atoms with van der Waals surface area (Å²) in [5.41, 5.74) is 3.91. The van der Waals surface area contributed by atoms with E-state index in [1.807, 2.05) is 109 Å².